The van der Waals surface area contributed by atoms with Crippen LogP contribution >= 0.6 is 0 Å². The largest absolute Gasteiger partial charge is 0.336 e. The number of hydrogen-bond donors (Lipinski definition) is 1. The molecule has 1 rings (SSSR count). The van der Waals surface area contributed by atoms with Crippen LogP contribution in [0, 0.1) is 0 Å². The number of amides is 1. The van der Waals surface area contributed by atoms with Crippen molar-refractivity contribution in [2.24, 2.45) is 0 Å². The van der Waals surface area contributed by atoms with E-state index in [0.717, 1.165) is 12.8 Å². The van der Waals surface area contributed by atoms with Crippen LogP contribution in [0.15, 0.2) is 0 Å². The van der Waals surface area contributed by atoms with Gasteiger partial charge < -0.3 is 10.2 Å². The smallest absolute Gasteiger partial charge is 0.238 e. The average molecular weight is 234 g/mol. The maximum atomic E-state index is 11.7. The number of carbonyl (C=O) groups is 1. The molecule has 5 nitrogen and oxygen atoms in total. The molecule has 1 N–H and O–H groups in total. The first-order valence-corrected chi connectivity index (χ1v) is 7.06. The highest BCUT2D eigenvalue weighted by atomic mass is 32.2. The Morgan fingerprint density at radius 3 is 2.60 bits per heavy atom. The second kappa shape index (κ2) is 4.49. The Morgan fingerprint density at radius 1 is 1.47 bits per heavy atom. The lowest BCUT2D eigenvalue weighted by Gasteiger charge is -2.37. The number of piperazine rings is 1. The van der Waals surface area contributed by atoms with Crippen molar-refractivity contribution in [2.75, 3.05) is 25.1 Å². The van der Waals surface area contributed by atoms with Crippen molar-refractivity contribution in [1.29, 1.82) is 0 Å². The Balaban J connectivity index is 2.65. The van der Waals surface area contributed by atoms with Crippen molar-refractivity contribution in [3.05, 3.63) is 0 Å². The first kappa shape index (κ1) is 12.4. The molecular weight excluding hydrogens is 216 g/mol. The van der Waals surface area contributed by atoms with Gasteiger partial charge in [-0.15, -0.1) is 0 Å². The van der Waals surface area contributed by atoms with E-state index in [0.29, 0.717) is 6.54 Å². The monoisotopic (exact) mass is 234 g/mol. The van der Waals surface area contributed by atoms with E-state index in [2.05, 4.69) is 5.32 Å². The molecule has 1 aliphatic rings. The van der Waals surface area contributed by atoms with Gasteiger partial charge in [-0.05, 0) is 13.8 Å². The summed E-state index contributed by atoms with van der Waals surface area (Å²) >= 11 is 0. The van der Waals surface area contributed by atoms with Crippen LogP contribution in [-0.4, -0.2) is 56.4 Å². The van der Waals surface area contributed by atoms with Gasteiger partial charge in [0.1, 0.15) is 5.75 Å². The molecule has 1 saturated heterocycles. The van der Waals surface area contributed by atoms with Crippen LogP contribution in [0.5, 0.6) is 0 Å². The van der Waals surface area contributed by atoms with Gasteiger partial charge in [0.15, 0.2) is 9.84 Å². The number of hydrogen-bond acceptors (Lipinski definition) is 4. The van der Waals surface area contributed by atoms with Gasteiger partial charge in [-0.25, -0.2) is 8.42 Å². The van der Waals surface area contributed by atoms with Gasteiger partial charge >= 0.3 is 0 Å². The van der Waals surface area contributed by atoms with Crippen molar-refractivity contribution in [3.8, 4) is 0 Å². The Labute approximate surface area is 90.7 Å². The molecule has 1 amide bonds. The fourth-order valence-electron chi connectivity index (χ4n) is 1.68. The van der Waals surface area contributed by atoms with E-state index in [1.165, 1.54) is 0 Å². The molecule has 0 radical (unpaired) electrons. The van der Waals surface area contributed by atoms with Crippen LogP contribution in [-0.2, 0) is 14.6 Å². The maximum Gasteiger partial charge on any atom is 0.238 e. The van der Waals surface area contributed by atoms with Gasteiger partial charge in [0.25, 0.3) is 0 Å². The third kappa shape index (κ3) is 3.79. The molecule has 2 atom stereocenters. The summed E-state index contributed by atoms with van der Waals surface area (Å²) in [5, 5.41) is 3.24. The fourth-order valence-corrected chi connectivity index (χ4v) is 2.29. The molecule has 0 bridgehead atoms. The number of carbonyl (C=O) groups excluding carboxylic acids is 1. The quantitative estimate of drug-likeness (QED) is 0.682. The second-order valence-electron chi connectivity index (χ2n) is 4.27. The Kier molecular flexibility index (Phi) is 3.72. The van der Waals surface area contributed by atoms with Gasteiger partial charge in [-0.3, -0.25) is 4.79 Å². The van der Waals surface area contributed by atoms with Crippen molar-refractivity contribution in [2.45, 2.75) is 25.9 Å². The van der Waals surface area contributed by atoms with Crippen molar-refractivity contribution in [1.82, 2.24) is 10.2 Å². The molecule has 15 heavy (non-hydrogen) atoms. The third-order valence-corrected chi connectivity index (χ3v) is 3.24. The van der Waals surface area contributed by atoms with Gasteiger partial charge in [-0.2, -0.15) is 0 Å². The minimum Gasteiger partial charge on any atom is -0.336 e. The highest BCUT2D eigenvalue weighted by Crippen LogP contribution is 2.07. The Hall–Kier alpha value is -0.620. The molecule has 0 spiro atoms. The number of sulfone groups is 1. The van der Waals surface area contributed by atoms with Crippen LogP contribution in [0.4, 0.5) is 0 Å². The van der Waals surface area contributed by atoms with E-state index in [4.69, 9.17) is 0 Å². The highest BCUT2D eigenvalue weighted by Gasteiger charge is 2.28. The molecule has 0 aromatic carbocycles. The molecule has 0 saturated carbocycles. The summed E-state index contributed by atoms with van der Waals surface area (Å²) in [4.78, 5) is 13.3. The van der Waals surface area contributed by atoms with E-state index in [1.54, 1.807) is 4.90 Å². The molecule has 0 aliphatic carbocycles. The van der Waals surface area contributed by atoms with E-state index < -0.39 is 9.84 Å². The summed E-state index contributed by atoms with van der Waals surface area (Å²) in [5.74, 6) is -0.678. The molecule has 2 unspecified atom stereocenters. The Morgan fingerprint density at radius 2 is 2.07 bits per heavy atom. The van der Waals surface area contributed by atoms with Crippen LogP contribution < -0.4 is 5.32 Å². The fraction of sp³-hybridized carbons (Fsp3) is 0.889. The lowest BCUT2D eigenvalue weighted by molar-refractivity contribution is -0.131. The van der Waals surface area contributed by atoms with E-state index in [-0.39, 0.29) is 23.7 Å². The van der Waals surface area contributed by atoms with Gasteiger partial charge in [0.05, 0.1) is 0 Å². The molecular formula is C9H18N2O3S. The topological polar surface area (TPSA) is 66.5 Å². The highest BCUT2D eigenvalue weighted by molar-refractivity contribution is 7.91. The third-order valence-electron chi connectivity index (χ3n) is 2.47. The van der Waals surface area contributed by atoms with Gasteiger partial charge in [-0.1, -0.05) is 0 Å². The minimum absolute atomic E-state index is 0.0652. The number of rotatable bonds is 2. The zero-order valence-electron chi connectivity index (χ0n) is 9.36. The lowest BCUT2D eigenvalue weighted by Crippen LogP contribution is -2.57. The van der Waals surface area contributed by atoms with Gasteiger partial charge in [0.2, 0.25) is 5.91 Å². The minimum atomic E-state index is -3.23. The first-order chi connectivity index (χ1) is 6.79. The molecule has 1 heterocycles. The van der Waals surface area contributed by atoms with Gasteiger partial charge in [0, 0.05) is 31.4 Å². The normalized spacial score (nSPS) is 27.8. The summed E-state index contributed by atoms with van der Waals surface area (Å²) in [7, 11) is -3.23. The van der Waals surface area contributed by atoms with Crippen LogP contribution in [0.25, 0.3) is 0 Å². The summed E-state index contributed by atoms with van der Waals surface area (Å²) in [6.07, 6.45) is 1.08. The molecule has 88 valence electrons. The van der Waals surface area contributed by atoms with Crippen LogP contribution in [0.1, 0.15) is 13.8 Å². The maximum absolute atomic E-state index is 11.7. The molecule has 0 aromatic rings. The van der Waals surface area contributed by atoms with Crippen molar-refractivity contribution in [3.63, 3.8) is 0 Å². The predicted octanol–water partition coefficient (Wildman–Crippen LogP) is -0.760. The lowest BCUT2D eigenvalue weighted by atomic mass is 10.1. The number of nitrogens with zero attached hydrogens (tertiary/aromatic N) is 1. The van der Waals surface area contributed by atoms with E-state index in [1.807, 2.05) is 13.8 Å². The summed E-state index contributed by atoms with van der Waals surface area (Å²) < 4.78 is 22.0. The van der Waals surface area contributed by atoms with Crippen molar-refractivity contribution < 1.29 is 13.2 Å². The van der Waals surface area contributed by atoms with E-state index in [9.17, 15) is 13.2 Å². The summed E-state index contributed by atoms with van der Waals surface area (Å²) in [6, 6.07) is 0.292. The summed E-state index contributed by atoms with van der Waals surface area (Å²) in [5.41, 5.74) is 0. The molecule has 1 aliphatic heterocycles. The molecule has 1 fully saturated rings. The molecule has 0 aromatic heterocycles. The Bertz CT molecular complexity index is 339. The van der Waals surface area contributed by atoms with Crippen LogP contribution in [0.2, 0.25) is 0 Å². The summed E-state index contributed by atoms with van der Waals surface area (Å²) in [6.45, 7) is 5.19. The van der Waals surface area contributed by atoms with E-state index >= 15 is 0 Å². The zero-order chi connectivity index (χ0) is 11.6. The van der Waals surface area contributed by atoms with Crippen LogP contribution in [0.3, 0.4) is 0 Å². The average Bonchev–Trinajstić information content (AvgIpc) is 2.06. The predicted molar refractivity (Wildman–Crippen MR) is 58.4 cm³/mol. The standard InChI is InChI=1S/C9H18N2O3S/c1-7-5-11(8(2)4-10-7)9(12)6-15(3,13)14/h7-8,10H,4-6H2,1-3H3. The number of nitrogens with one attached hydrogen (secondary N) is 1. The molecule has 6 heteroatoms. The first-order valence-electron chi connectivity index (χ1n) is 5.00. The van der Waals surface area contributed by atoms with Crippen molar-refractivity contribution >= 4 is 15.7 Å². The SMILES string of the molecule is CC1CN(C(=O)CS(C)(=O)=O)C(C)CN1. The second-order valence-corrected chi connectivity index (χ2v) is 6.41. The zero-order valence-corrected chi connectivity index (χ0v) is 10.2.